The van der Waals surface area contributed by atoms with E-state index in [4.69, 9.17) is 25.8 Å². The molecule has 1 aliphatic carbocycles. The lowest BCUT2D eigenvalue weighted by Gasteiger charge is -2.48. The highest BCUT2D eigenvalue weighted by Gasteiger charge is 2.63. The van der Waals surface area contributed by atoms with Gasteiger partial charge in [0.2, 0.25) is 0 Å². The van der Waals surface area contributed by atoms with Crippen molar-refractivity contribution >= 4 is 17.6 Å². The van der Waals surface area contributed by atoms with Crippen LogP contribution in [0.4, 0.5) is 0 Å². The molecule has 0 bridgehead atoms. The van der Waals surface area contributed by atoms with Gasteiger partial charge in [0.05, 0.1) is 17.8 Å². The standard InChI is InChI=1S/C25H45ClO4/c1-6-7-8-9-10-11-12-20-21(30-22(27)17-26)13-15-25(18-29-25)23(20)24(4,5)28-16-14-19(2)3/h19-21,23H,6-18H2,1-5H3. The lowest BCUT2D eigenvalue weighted by Crippen LogP contribution is -2.55. The van der Waals surface area contributed by atoms with E-state index < -0.39 is 0 Å². The minimum Gasteiger partial charge on any atom is -0.461 e. The maximum Gasteiger partial charge on any atom is 0.321 e. The quantitative estimate of drug-likeness (QED) is 0.132. The van der Waals surface area contributed by atoms with Gasteiger partial charge in [-0.15, -0.1) is 11.6 Å². The third-order valence-corrected chi connectivity index (χ3v) is 7.26. The minimum absolute atomic E-state index is 0.0825. The summed E-state index contributed by atoms with van der Waals surface area (Å²) in [5.74, 6) is 0.721. The molecule has 30 heavy (non-hydrogen) atoms. The number of rotatable bonds is 14. The molecule has 1 saturated heterocycles. The Morgan fingerprint density at radius 1 is 1.20 bits per heavy atom. The molecule has 4 nitrogen and oxygen atoms in total. The topological polar surface area (TPSA) is 48.1 Å². The van der Waals surface area contributed by atoms with Gasteiger partial charge in [0, 0.05) is 18.4 Å². The highest BCUT2D eigenvalue weighted by Crippen LogP contribution is 2.55. The molecule has 2 rings (SSSR count). The van der Waals surface area contributed by atoms with E-state index in [1.807, 2.05) is 0 Å². The minimum atomic E-state index is -0.315. The zero-order valence-corrected chi connectivity index (χ0v) is 20.8. The van der Waals surface area contributed by atoms with E-state index >= 15 is 0 Å². The van der Waals surface area contributed by atoms with Gasteiger partial charge in [-0.3, -0.25) is 4.79 Å². The first kappa shape index (κ1) is 25.9. The van der Waals surface area contributed by atoms with Crippen molar-refractivity contribution in [1.82, 2.24) is 0 Å². The number of halogens is 1. The second kappa shape index (κ2) is 12.1. The summed E-state index contributed by atoms with van der Waals surface area (Å²) in [6.07, 6.45) is 11.4. The number of carbonyl (C=O) groups is 1. The fourth-order valence-corrected chi connectivity index (χ4v) is 5.50. The van der Waals surface area contributed by atoms with E-state index in [9.17, 15) is 4.79 Å². The van der Waals surface area contributed by atoms with Crippen LogP contribution in [0.15, 0.2) is 0 Å². The molecule has 1 spiro atoms. The maximum atomic E-state index is 12.0. The number of alkyl halides is 1. The molecule has 0 radical (unpaired) electrons. The monoisotopic (exact) mass is 444 g/mol. The van der Waals surface area contributed by atoms with Crippen LogP contribution in [0.25, 0.3) is 0 Å². The van der Waals surface area contributed by atoms with Crippen LogP contribution in [0.5, 0.6) is 0 Å². The molecule has 1 heterocycles. The Labute approximate surface area is 189 Å². The van der Waals surface area contributed by atoms with Gasteiger partial charge in [-0.25, -0.2) is 0 Å². The Hall–Kier alpha value is -0.320. The van der Waals surface area contributed by atoms with Gasteiger partial charge >= 0.3 is 5.97 Å². The van der Waals surface area contributed by atoms with Crippen LogP contribution >= 0.6 is 11.6 Å². The van der Waals surface area contributed by atoms with Crippen LogP contribution in [-0.2, 0) is 19.0 Å². The van der Waals surface area contributed by atoms with Crippen LogP contribution in [0, 0.1) is 17.8 Å². The molecule has 5 heteroatoms. The Morgan fingerprint density at radius 3 is 2.47 bits per heavy atom. The molecule has 4 unspecified atom stereocenters. The number of hydrogen-bond donors (Lipinski definition) is 0. The summed E-state index contributed by atoms with van der Waals surface area (Å²) in [6, 6.07) is 0. The van der Waals surface area contributed by atoms with Crippen molar-refractivity contribution in [3.05, 3.63) is 0 Å². The van der Waals surface area contributed by atoms with E-state index in [0.717, 1.165) is 45.3 Å². The lowest BCUT2D eigenvalue weighted by molar-refractivity contribution is -0.171. The third-order valence-electron chi connectivity index (χ3n) is 7.04. The van der Waals surface area contributed by atoms with Gasteiger partial charge < -0.3 is 14.2 Å². The average Bonchev–Trinajstić information content (AvgIpc) is 3.45. The zero-order valence-electron chi connectivity index (χ0n) is 20.0. The molecule has 176 valence electrons. The van der Waals surface area contributed by atoms with E-state index in [2.05, 4.69) is 34.6 Å². The molecule has 1 saturated carbocycles. The molecule has 2 aliphatic rings. The van der Waals surface area contributed by atoms with Crippen LogP contribution in [0.1, 0.15) is 98.8 Å². The molecule has 0 aromatic carbocycles. The summed E-state index contributed by atoms with van der Waals surface area (Å²) in [5.41, 5.74) is -0.414. The fraction of sp³-hybridized carbons (Fsp3) is 0.960. The van der Waals surface area contributed by atoms with Crippen LogP contribution in [-0.4, -0.2) is 42.4 Å². The van der Waals surface area contributed by atoms with Crippen LogP contribution < -0.4 is 0 Å². The van der Waals surface area contributed by atoms with Gasteiger partial charge in [-0.2, -0.15) is 0 Å². The predicted octanol–water partition coefficient (Wildman–Crippen LogP) is 6.52. The van der Waals surface area contributed by atoms with Crippen molar-refractivity contribution < 1.29 is 19.0 Å². The van der Waals surface area contributed by atoms with Gasteiger partial charge in [0.1, 0.15) is 12.0 Å². The predicted molar refractivity (Wildman–Crippen MR) is 123 cm³/mol. The second-order valence-corrected chi connectivity index (χ2v) is 10.7. The van der Waals surface area contributed by atoms with Crippen molar-refractivity contribution in [3.63, 3.8) is 0 Å². The first-order valence-corrected chi connectivity index (χ1v) is 12.8. The number of hydrogen-bond acceptors (Lipinski definition) is 4. The van der Waals surface area contributed by atoms with E-state index in [0.29, 0.717) is 5.92 Å². The van der Waals surface area contributed by atoms with Gasteiger partial charge in [-0.05, 0) is 45.4 Å². The molecular formula is C25H45ClO4. The van der Waals surface area contributed by atoms with Crippen molar-refractivity contribution in [1.29, 1.82) is 0 Å². The van der Waals surface area contributed by atoms with Crippen LogP contribution in [0.2, 0.25) is 0 Å². The highest BCUT2D eigenvalue weighted by molar-refractivity contribution is 6.26. The van der Waals surface area contributed by atoms with Crippen molar-refractivity contribution in [2.24, 2.45) is 17.8 Å². The Kier molecular flexibility index (Phi) is 10.4. The number of carbonyl (C=O) groups excluding carboxylic acids is 1. The van der Waals surface area contributed by atoms with Crippen molar-refractivity contribution in [3.8, 4) is 0 Å². The number of epoxide rings is 1. The lowest BCUT2D eigenvalue weighted by atomic mass is 9.62. The smallest absolute Gasteiger partial charge is 0.321 e. The van der Waals surface area contributed by atoms with Gasteiger partial charge in [0.25, 0.3) is 0 Å². The molecular weight excluding hydrogens is 400 g/mol. The maximum absolute atomic E-state index is 12.0. The molecule has 0 aromatic rings. The number of esters is 1. The van der Waals surface area contributed by atoms with E-state index in [-0.39, 0.29) is 41.0 Å². The van der Waals surface area contributed by atoms with E-state index in [1.165, 1.54) is 32.1 Å². The van der Waals surface area contributed by atoms with E-state index in [1.54, 1.807) is 0 Å². The summed E-state index contributed by atoms with van der Waals surface area (Å²) in [4.78, 5) is 12.0. The van der Waals surface area contributed by atoms with Gasteiger partial charge in [0.15, 0.2) is 0 Å². The molecule has 0 amide bonds. The summed E-state index contributed by atoms with van der Waals surface area (Å²) in [6.45, 7) is 12.7. The highest BCUT2D eigenvalue weighted by atomic mass is 35.5. The Bertz CT molecular complexity index is 515. The fourth-order valence-electron chi connectivity index (χ4n) is 5.43. The molecule has 0 aromatic heterocycles. The van der Waals surface area contributed by atoms with Crippen molar-refractivity contribution in [2.75, 3.05) is 19.1 Å². The Balaban J connectivity index is 2.11. The van der Waals surface area contributed by atoms with Gasteiger partial charge in [-0.1, -0.05) is 59.3 Å². The SMILES string of the molecule is CCCCCCCCC1C(OC(=O)CCl)CCC2(CO2)C1C(C)(C)OCCC(C)C. The van der Waals surface area contributed by atoms with Crippen LogP contribution in [0.3, 0.4) is 0 Å². The molecule has 1 aliphatic heterocycles. The second-order valence-electron chi connectivity index (χ2n) is 10.4. The zero-order chi connectivity index (χ0) is 22.2. The first-order valence-electron chi connectivity index (χ1n) is 12.3. The summed E-state index contributed by atoms with van der Waals surface area (Å²) in [7, 11) is 0. The normalized spacial score (nSPS) is 28.8. The Morgan fingerprint density at radius 2 is 1.87 bits per heavy atom. The summed E-state index contributed by atoms with van der Waals surface area (Å²) in [5, 5.41) is 0. The third kappa shape index (κ3) is 7.38. The largest absolute Gasteiger partial charge is 0.461 e. The molecule has 4 atom stereocenters. The number of unbranched alkanes of at least 4 members (excludes halogenated alkanes) is 5. The average molecular weight is 445 g/mol. The molecule has 2 fully saturated rings. The summed E-state index contributed by atoms with van der Waals surface area (Å²) < 4.78 is 18.4. The molecule has 0 N–H and O–H groups in total. The number of ether oxygens (including phenoxy) is 3. The summed E-state index contributed by atoms with van der Waals surface area (Å²) >= 11 is 5.76. The van der Waals surface area contributed by atoms with Crippen molar-refractivity contribution in [2.45, 2.75) is 116 Å². The first-order chi connectivity index (χ1) is 14.3.